The maximum atomic E-state index is 6.61. The van der Waals surface area contributed by atoms with E-state index in [9.17, 15) is 0 Å². The fourth-order valence-corrected chi connectivity index (χ4v) is 6.60. The third-order valence-electron chi connectivity index (χ3n) is 9.11. The smallest absolute Gasteiger partial charge is 0.226 e. The molecule has 2 atom stereocenters. The summed E-state index contributed by atoms with van der Waals surface area (Å²) in [6.07, 6.45) is 0.539. The summed E-state index contributed by atoms with van der Waals surface area (Å²) in [7, 11) is 0. The average molecular weight is 649 g/mol. The van der Waals surface area contributed by atoms with Gasteiger partial charge < -0.3 is 14.2 Å². The van der Waals surface area contributed by atoms with E-state index >= 15 is 0 Å². The van der Waals surface area contributed by atoms with Crippen LogP contribution in [0, 0.1) is 11.3 Å². The van der Waals surface area contributed by atoms with Crippen molar-refractivity contribution in [3.05, 3.63) is 157 Å². The minimum atomic E-state index is -0.605. The number of ether oxygens (including phenoxy) is 3. The summed E-state index contributed by atoms with van der Waals surface area (Å²) >= 11 is 0. The van der Waals surface area contributed by atoms with Crippen LogP contribution in [0.3, 0.4) is 0 Å². The standard InChI is InChI=1S/C46H48O3/c1-33(2)31-43(46(3,4)5)37-25-27-40(28-26-37)49-45(39-24-23-34-15-12-13-20-38(34)32-39)48-30-29-47-44-41(35-16-8-6-9-17-35)21-14-22-42(44)36-18-10-7-11-19-36/h6-28,32-33,43,45H,29-31H2,1-5H3. The molecule has 0 radical (unpaired) electrons. The van der Waals surface area contributed by atoms with Crippen LogP contribution in [0.4, 0.5) is 0 Å². The van der Waals surface area contributed by atoms with Crippen molar-refractivity contribution < 1.29 is 14.2 Å². The number of rotatable bonds is 13. The zero-order chi connectivity index (χ0) is 34.2. The van der Waals surface area contributed by atoms with E-state index < -0.39 is 6.29 Å². The summed E-state index contributed by atoms with van der Waals surface area (Å²) in [5.74, 6) is 2.71. The lowest BCUT2D eigenvalue weighted by Crippen LogP contribution is -2.20. The Bertz CT molecular complexity index is 1860. The van der Waals surface area contributed by atoms with Gasteiger partial charge in [-0.15, -0.1) is 0 Å². The molecule has 0 saturated heterocycles. The Labute approximate surface area is 292 Å². The second-order valence-electron chi connectivity index (χ2n) is 14.3. The molecule has 0 heterocycles. The number of benzene rings is 6. The van der Waals surface area contributed by atoms with E-state index in [0.29, 0.717) is 25.0 Å². The lowest BCUT2D eigenvalue weighted by atomic mass is 9.72. The van der Waals surface area contributed by atoms with E-state index in [2.05, 4.69) is 168 Å². The van der Waals surface area contributed by atoms with E-state index in [1.54, 1.807) is 0 Å². The molecule has 0 saturated carbocycles. The van der Waals surface area contributed by atoms with Crippen molar-refractivity contribution >= 4 is 10.8 Å². The lowest BCUT2D eigenvalue weighted by Gasteiger charge is -2.33. The van der Waals surface area contributed by atoms with E-state index in [0.717, 1.165) is 51.1 Å². The maximum Gasteiger partial charge on any atom is 0.226 e. The second kappa shape index (κ2) is 15.6. The van der Waals surface area contributed by atoms with Crippen molar-refractivity contribution in [2.24, 2.45) is 11.3 Å². The highest BCUT2D eigenvalue weighted by atomic mass is 16.7. The quantitative estimate of drug-likeness (QED) is 0.0921. The number of hydrogen-bond acceptors (Lipinski definition) is 3. The van der Waals surface area contributed by atoms with Crippen molar-refractivity contribution in [1.29, 1.82) is 0 Å². The Kier molecular flexibility index (Phi) is 10.8. The van der Waals surface area contributed by atoms with Gasteiger partial charge >= 0.3 is 0 Å². The highest BCUT2D eigenvalue weighted by molar-refractivity contribution is 5.83. The molecule has 0 N–H and O–H groups in total. The van der Waals surface area contributed by atoms with Gasteiger partial charge in [0, 0.05) is 16.7 Å². The topological polar surface area (TPSA) is 27.7 Å². The van der Waals surface area contributed by atoms with Gasteiger partial charge in [0.25, 0.3) is 0 Å². The van der Waals surface area contributed by atoms with Crippen LogP contribution in [-0.4, -0.2) is 13.2 Å². The zero-order valence-electron chi connectivity index (χ0n) is 29.4. The monoisotopic (exact) mass is 648 g/mol. The Morgan fingerprint density at radius 1 is 0.551 bits per heavy atom. The van der Waals surface area contributed by atoms with Crippen molar-refractivity contribution in [2.45, 2.75) is 53.2 Å². The van der Waals surface area contributed by atoms with Gasteiger partial charge in [0.05, 0.1) is 6.61 Å². The Balaban J connectivity index is 1.24. The molecule has 6 aromatic rings. The summed E-state index contributed by atoms with van der Waals surface area (Å²) < 4.78 is 19.8. The molecule has 0 bridgehead atoms. The van der Waals surface area contributed by atoms with Crippen LogP contribution in [0.15, 0.2) is 146 Å². The summed E-state index contributed by atoms with van der Waals surface area (Å²) in [5.41, 5.74) is 6.80. The first-order valence-corrected chi connectivity index (χ1v) is 17.5. The molecule has 0 spiro atoms. The van der Waals surface area contributed by atoms with Crippen LogP contribution in [0.2, 0.25) is 0 Å². The molecule has 0 aliphatic rings. The molecule has 6 aromatic carbocycles. The van der Waals surface area contributed by atoms with Crippen molar-refractivity contribution in [3.63, 3.8) is 0 Å². The maximum absolute atomic E-state index is 6.61. The van der Waals surface area contributed by atoms with E-state index in [-0.39, 0.29) is 5.41 Å². The van der Waals surface area contributed by atoms with Crippen LogP contribution >= 0.6 is 0 Å². The number of para-hydroxylation sites is 1. The first-order valence-electron chi connectivity index (χ1n) is 17.5. The predicted octanol–water partition coefficient (Wildman–Crippen LogP) is 12.5. The third-order valence-corrected chi connectivity index (χ3v) is 9.11. The van der Waals surface area contributed by atoms with Crippen LogP contribution in [-0.2, 0) is 4.74 Å². The Morgan fingerprint density at radius 3 is 1.71 bits per heavy atom. The molecule has 0 aromatic heterocycles. The van der Waals surface area contributed by atoms with Gasteiger partial charge in [0.15, 0.2) is 0 Å². The highest BCUT2D eigenvalue weighted by Gasteiger charge is 2.27. The Hall–Kier alpha value is -4.86. The first-order chi connectivity index (χ1) is 23.8. The van der Waals surface area contributed by atoms with Gasteiger partial charge in [0.1, 0.15) is 18.1 Å². The number of fused-ring (bicyclic) bond motifs is 1. The van der Waals surface area contributed by atoms with Gasteiger partial charge in [-0.3, -0.25) is 0 Å². The predicted molar refractivity (Wildman–Crippen MR) is 204 cm³/mol. The molecule has 0 amide bonds. The minimum Gasteiger partial charge on any atom is -0.490 e. The SMILES string of the molecule is CC(C)CC(c1ccc(OC(OCCOc2c(-c3ccccc3)cccc2-c2ccccc2)c2ccc3ccccc3c2)cc1)C(C)(C)C. The molecule has 2 unspecified atom stereocenters. The van der Waals surface area contributed by atoms with Crippen molar-refractivity contribution in [3.8, 4) is 33.8 Å². The van der Waals surface area contributed by atoms with Gasteiger partial charge in [-0.05, 0) is 69.3 Å². The number of hydrogen-bond donors (Lipinski definition) is 0. The first kappa shape index (κ1) is 34.0. The van der Waals surface area contributed by atoms with Gasteiger partial charge in [-0.1, -0.05) is 162 Å². The van der Waals surface area contributed by atoms with Crippen LogP contribution in [0.5, 0.6) is 11.5 Å². The lowest BCUT2D eigenvalue weighted by molar-refractivity contribution is -0.0901. The van der Waals surface area contributed by atoms with Gasteiger partial charge in [-0.2, -0.15) is 0 Å². The van der Waals surface area contributed by atoms with Gasteiger partial charge in [0.2, 0.25) is 6.29 Å². The van der Waals surface area contributed by atoms with Gasteiger partial charge in [-0.25, -0.2) is 0 Å². The van der Waals surface area contributed by atoms with E-state index in [1.165, 1.54) is 10.9 Å². The summed E-state index contributed by atoms with van der Waals surface area (Å²) in [4.78, 5) is 0. The summed E-state index contributed by atoms with van der Waals surface area (Å²) in [6.45, 7) is 12.3. The summed E-state index contributed by atoms with van der Waals surface area (Å²) in [5, 5.41) is 2.33. The molecule has 3 nitrogen and oxygen atoms in total. The van der Waals surface area contributed by atoms with Crippen LogP contribution in [0.25, 0.3) is 33.0 Å². The average Bonchev–Trinajstić information content (AvgIpc) is 3.12. The van der Waals surface area contributed by atoms with Crippen LogP contribution in [0.1, 0.15) is 64.4 Å². The van der Waals surface area contributed by atoms with E-state index in [4.69, 9.17) is 14.2 Å². The normalized spacial score (nSPS) is 12.9. The fraction of sp³-hybridized carbons (Fsp3) is 0.261. The molecule has 250 valence electrons. The fourth-order valence-electron chi connectivity index (χ4n) is 6.60. The summed E-state index contributed by atoms with van der Waals surface area (Å²) in [6, 6.07) is 50.5. The molecular weight excluding hydrogens is 601 g/mol. The molecule has 3 heteroatoms. The molecule has 0 aliphatic carbocycles. The largest absolute Gasteiger partial charge is 0.490 e. The van der Waals surface area contributed by atoms with Crippen molar-refractivity contribution in [2.75, 3.05) is 13.2 Å². The van der Waals surface area contributed by atoms with Crippen molar-refractivity contribution in [1.82, 2.24) is 0 Å². The Morgan fingerprint density at radius 2 is 1.12 bits per heavy atom. The molecule has 0 fully saturated rings. The van der Waals surface area contributed by atoms with Crippen LogP contribution < -0.4 is 9.47 Å². The minimum absolute atomic E-state index is 0.170. The zero-order valence-corrected chi connectivity index (χ0v) is 29.4. The second-order valence-corrected chi connectivity index (χ2v) is 14.3. The van der Waals surface area contributed by atoms with E-state index in [1.807, 2.05) is 12.1 Å². The molecule has 0 aliphatic heterocycles. The molecular formula is C46H48O3. The molecule has 6 rings (SSSR count). The third kappa shape index (κ3) is 8.60. The highest BCUT2D eigenvalue weighted by Crippen LogP contribution is 2.41. The molecule has 49 heavy (non-hydrogen) atoms.